The maximum absolute atomic E-state index is 12.2. The van der Waals surface area contributed by atoms with Crippen molar-refractivity contribution in [1.82, 2.24) is 4.90 Å². The lowest BCUT2D eigenvalue weighted by molar-refractivity contribution is -0.265. The van der Waals surface area contributed by atoms with E-state index in [0.717, 1.165) is 12.2 Å². The van der Waals surface area contributed by atoms with Crippen LogP contribution in [-0.2, 0) is 24.8 Å². The van der Waals surface area contributed by atoms with Gasteiger partial charge < -0.3 is 14.6 Å². The Hall–Kier alpha value is -1.89. The van der Waals surface area contributed by atoms with Crippen molar-refractivity contribution in [1.29, 1.82) is 0 Å². The third kappa shape index (κ3) is 2.70. The Balaban J connectivity index is 2.23. The molecule has 2 aliphatic rings. The van der Waals surface area contributed by atoms with Crippen molar-refractivity contribution in [2.75, 3.05) is 7.05 Å². The van der Waals surface area contributed by atoms with Crippen LogP contribution in [0.3, 0.4) is 0 Å². The zero-order valence-electron chi connectivity index (χ0n) is 13.3. The number of halogens is 1. The van der Waals surface area contributed by atoms with E-state index in [0.29, 0.717) is 17.0 Å². The Labute approximate surface area is 144 Å². The number of aliphatic hydroxyl groups is 1. The van der Waals surface area contributed by atoms with Crippen LogP contribution in [0.1, 0.15) is 18.9 Å². The van der Waals surface area contributed by atoms with Crippen molar-refractivity contribution >= 4 is 23.5 Å². The van der Waals surface area contributed by atoms with Crippen molar-refractivity contribution in [3.8, 4) is 0 Å². The van der Waals surface area contributed by atoms with Crippen LogP contribution in [0, 0.1) is 0 Å². The number of hydrogen-bond donors (Lipinski definition) is 1. The summed E-state index contributed by atoms with van der Waals surface area (Å²) >= 11 is 6.11. The number of hydrogen-bond acceptors (Lipinski definition) is 6. The molecule has 0 aliphatic carbocycles. The number of likely N-dealkylation sites (N-methyl/N-ethyl adjacent to an activating group) is 1. The standard InChI is InChI=1S/C17H18ClNO5/c1-10-8-13(20)16-17(19(10)2,11-4-3-5-12(18)9-11)24-15(22)7-6-14(21)23-16/h3-7,9-10,13,16,20H,8H2,1-2H3/b7-6+. The first-order valence-electron chi connectivity index (χ1n) is 7.63. The lowest BCUT2D eigenvalue weighted by Crippen LogP contribution is -2.67. The average molecular weight is 352 g/mol. The van der Waals surface area contributed by atoms with E-state index in [1.165, 1.54) is 0 Å². The van der Waals surface area contributed by atoms with E-state index >= 15 is 0 Å². The number of rotatable bonds is 1. The van der Waals surface area contributed by atoms with Crippen molar-refractivity contribution in [2.45, 2.75) is 37.3 Å². The second-order valence-corrected chi connectivity index (χ2v) is 6.52. The van der Waals surface area contributed by atoms with Gasteiger partial charge in [0.25, 0.3) is 0 Å². The largest absolute Gasteiger partial charge is 0.450 e. The topological polar surface area (TPSA) is 76.1 Å². The lowest BCUT2D eigenvalue weighted by atomic mass is 9.83. The minimum atomic E-state index is -1.46. The summed E-state index contributed by atoms with van der Waals surface area (Å²) in [5, 5.41) is 11.0. The fourth-order valence-corrected chi connectivity index (χ4v) is 3.52. The summed E-state index contributed by atoms with van der Waals surface area (Å²) in [4.78, 5) is 25.9. The summed E-state index contributed by atoms with van der Waals surface area (Å²) in [6.45, 7) is 1.90. The van der Waals surface area contributed by atoms with E-state index in [-0.39, 0.29) is 6.04 Å². The highest BCUT2D eigenvalue weighted by atomic mass is 35.5. The van der Waals surface area contributed by atoms with Crippen LogP contribution in [-0.4, -0.2) is 47.2 Å². The van der Waals surface area contributed by atoms with E-state index in [2.05, 4.69) is 0 Å². The number of nitrogens with zero attached hydrogens (tertiary/aromatic N) is 1. The Morgan fingerprint density at radius 1 is 1.29 bits per heavy atom. The third-order valence-corrected chi connectivity index (χ3v) is 4.83. The van der Waals surface area contributed by atoms with Gasteiger partial charge in [0.15, 0.2) is 6.10 Å². The zero-order valence-corrected chi connectivity index (χ0v) is 14.1. The number of fused-ring (bicyclic) bond motifs is 1. The first-order valence-corrected chi connectivity index (χ1v) is 8.01. The monoisotopic (exact) mass is 351 g/mol. The molecule has 7 heteroatoms. The summed E-state index contributed by atoms with van der Waals surface area (Å²) in [5.74, 6) is -1.39. The quantitative estimate of drug-likeness (QED) is 0.775. The van der Waals surface area contributed by atoms with Crippen LogP contribution in [0.4, 0.5) is 0 Å². The molecule has 0 radical (unpaired) electrons. The molecule has 128 valence electrons. The molecule has 1 fully saturated rings. The molecule has 1 aromatic carbocycles. The lowest BCUT2D eigenvalue weighted by Gasteiger charge is -2.53. The van der Waals surface area contributed by atoms with Gasteiger partial charge in [-0.3, -0.25) is 4.90 Å². The van der Waals surface area contributed by atoms with Gasteiger partial charge in [-0.05, 0) is 32.5 Å². The molecule has 6 nitrogen and oxygen atoms in total. The molecule has 0 bridgehead atoms. The normalized spacial score (nSPS) is 35.2. The Morgan fingerprint density at radius 3 is 2.71 bits per heavy atom. The van der Waals surface area contributed by atoms with Gasteiger partial charge in [0, 0.05) is 28.8 Å². The molecular weight excluding hydrogens is 334 g/mol. The van der Waals surface area contributed by atoms with Crippen LogP contribution in [0.2, 0.25) is 5.02 Å². The van der Waals surface area contributed by atoms with Gasteiger partial charge in [-0.2, -0.15) is 0 Å². The number of carbonyl (C=O) groups excluding carboxylic acids is 2. The van der Waals surface area contributed by atoms with Crippen molar-refractivity contribution < 1.29 is 24.2 Å². The molecule has 4 atom stereocenters. The number of benzene rings is 1. The number of likely N-dealkylation sites (tertiary alicyclic amines) is 1. The van der Waals surface area contributed by atoms with Crippen LogP contribution in [0.15, 0.2) is 36.4 Å². The Morgan fingerprint density at radius 2 is 2.00 bits per heavy atom. The molecule has 24 heavy (non-hydrogen) atoms. The van der Waals surface area contributed by atoms with Gasteiger partial charge in [0.2, 0.25) is 5.72 Å². The highest BCUT2D eigenvalue weighted by Gasteiger charge is 2.58. The van der Waals surface area contributed by atoms with Gasteiger partial charge in [-0.15, -0.1) is 0 Å². The number of esters is 2. The molecule has 4 unspecified atom stereocenters. The molecule has 0 amide bonds. The molecule has 0 spiro atoms. The van der Waals surface area contributed by atoms with Gasteiger partial charge in [0.05, 0.1) is 6.10 Å². The maximum Gasteiger partial charge on any atom is 0.333 e. The molecule has 1 aromatic rings. The van der Waals surface area contributed by atoms with E-state index in [1.54, 1.807) is 36.2 Å². The maximum atomic E-state index is 12.2. The van der Waals surface area contributed by atoms with Crippen LogP contribution in [0.25, 0.3) is 0 Å². The van der Waals surface area contributed by atoms with Crippen molar-refractivity contribution in [3.63, 3.8) is 0 Å². The minimum absolute atomic E-state index is 0.120. The summed E-state index contributed by atoms with van der Waals surface area (Å²) < 4.78 is 11.2. The Bertz CT molecular complexity index is 706. The fourth-order valence-electron chi connectivity index (χ4n) is 3.33. The molecule has 3 rings (SSSR count). The number of ether oxygens (including phenoxy) is 2. The summed E-state index contributed by atoms with van der Waals surface area (Å²) in [5.41, 5.74) is -0.927. The average Bonchev–Trinajstić information content (AvgIpc) is 2.52. The van der Waals surface area contributed by atoms with E-state index in [4.69, 9.17) is 21.1 Å². The second kappa shape index (κ2) is 6.20. The smallest absolute Gasteiger partial charge is 0.333 e. The highest BCUT2D eigenvalue weighted by Crippen LogP contribution is 2.43. The minimum Gasteiger partial charge on any atom is -0.450 e. The molecule has 0 aromatic heterocycles. The van der Waals surface area contributed by atoms with E-state index < -0.39 is 29.9 Å². The SMILES string of the molecule is CC1CC(O)C2OC(=O)/C=C/C(=O)OC2(c2cccc(Cl)c2)N1C. The molecule has 2 aliphatic heterocycles. The van der Waals surface area contributed by atoms with Crippen LogP contribution < -0.4 is 0 Å². The fraction of sp³-hybridized carbons (Fsp3) is 0.412. The third-order valence-electron chi connectivity index (χ3n) is 4.60. The predicted octanol–water partition coefficient (Wildman–Crippen LogP) is 1.60. The van der Waals surface area contributed by atoms with Gasteiger partial charge in [-0.25, -0.2) is 9.59 Å². The van der Waals surface area contributed by atoms with Crippen LogP contribution in [0.5, 0.6) is 0 Å². The van der Waals surface area contributed by atoms with E-state index in [9.17, 15) is 14.7 Å². The van der Waals surface area contributed by atoms with Gasteiger partial charge in [0.1, 0.15) is 0 Å². The summed E-state index contributed by atoms with van der Waals surface area (Å²) in [6, 6.07) is 6.66. The zero-order chi connectivity index (χ0) is 17.5. The Kier molecular flexibility index (Phi) is 4.38. The molecule has 1 saturated heterocycles. The molecular formula is C17H18ClNO5. The molecule has 2 heterocycles. The first kappa shape index (κ1) is 17.0. The van der Waals surface area contributed by atoms with Crippen LogP contribution >= 0.6 is 11.6 Å². The number of carbonyl (C=O) groups is 2. The molecule has 1 N–H and O–H groups in total. The van der Waals surface area contributed by atoms with Crippen molar-refractivity contribution in [2.24, 2.45) is 0 Å². The number of aliphatic hydroxyl groups excluding tert-OH is 1. The summed E-state index contributed by atoms with van der Waals surface area (Å²) in [7, 11) is 1.76. The summed E-state index contributed by atoms with van der Waals surface area (Å²) in [6.07, 6.45) is 0.328. The van der Waals surface area contributed by atoms with Gasteiger partial charge in [-0.1, -0.05) is 23.7 Å². The predicted molar refractivity (Wildman–Crippen MR) is 86.1 cm³/mol. The van der Waals surface area contributed by atoms with E-state index in [1.807, 2.05) is 6.92 Å². The van der Waals surface area contributed by atoms with Gasteiger partial charge >= 0.3 is 11.9 Å². The van der Waals surface area contributed by atoms with Crippen molar-refractivity contribution in [3.05, 3.63) is 47.0 Å². The first-order chi connectivity index (χ1) is 11.3. The number of piperidine rings is 1. The second-order valence-electron chi connectivity index (χ2n) is 6.08. The highest BCUT2D eigenvalue weighted by molar-refractivity contribution is 6.30. The molecule has 0 saturated carbocycles.